The molecule has 1 aromatic heterocycles. The lowest BCUT2D eigenvalue weighted by Crippen LogP contribution is -2.59. The summed E-state index contributed by atoms with van der Waals surface area (Å²) in [6.45, 7) is 0.962. The zero-order valence-electron chi connectivity index (χ0n) is 14.5. The van der Waals surface area contributed by atoms with Gasteiger partial charge in [0.25, 0.3) is 0 Å². The molecule has 0 aliphatic carbocycles. The fourth-order valence-electron chi connectivity index (χ4n) is 2.80. The van der Waals surface area contributed by atoms with Crippen LogP contribution in [-0.2, 0) is 13.8 Å². The fraction of sp³-hybridized carbons (Fsp3) is 0.438. The first-order valence-electron chi connectivity index (χ1n) is 8.17. The van der Waals surface area contributed by atoms with Crippen LogP contribution in [0.25, 0.3) is 11.0 Å². The van der Waals surface area contributed by atoms with Crippen molar-refractivity contribution >= 4 is 18.8 Å². The molecule has 0 amide bonds. The average Bonchev–Trinajstić information content (AvgIpc) is 2.61. The van der Waals surface area contributed by atoms with E-state index in [0.29, 0.717) is 10.9 Å². The van der Waals surface area contributed by atoms with Gasteiger partial charge in [0.1, 0.15) is 35.7 Å². The van der Waals surface area contributed by atoms with Crippen LogP contribution in [-0.4, -0.2) is 62.6 Å². The summed E-state index contributed by atoms with van der Waals surface area (Å²) in [6, 6.07) is 5.36. The molecule has 6 atom stereocenters. The predicted octanol–water partition coefficient (Wildman–Crippen LogP) is -0.603. The maximum atomic E-state index is 12.3. The van der Waals surface area contributed by atoms with Gasteiger partial charge in [0.15, 0.2) is 6.29 Å². The van der Waals surface area contributed by atoms with Crippen molar-refractivity contribution < 1.29 is 48.1 Å². The summed E-state index contributed by atoms with van der Waals surface area (Å²) in [7, 11) is -4.88. The largest absolute Gasteiger partial charge is 0.529 e. The molecule has 5 N–H and O–H groups in total. The van der Waals surface area contributed by atoms with Gasteiger partial charge in [-0.3, -0.25) is 4.89 Å². The molecule has 154 valence electrons. The van der Waals surface area contributed by atoms with Crippen molar-refractivity contribution in [1.29, 1.82) is 0 Å². The molecule has 1 aromatic carbocycles. The van der Waals surface area contributed by atoms with Crippen LogP contribution in [0.2, 0.25) is 0 Å². The zero-order chi connectivity index (χ0) is 20.6. The molecule has 1 aliphatic rings. The van der Waals surface area contributed by atoms with Gasteiger partial charge in [-0.25, -0.2) is 13.9 Å². The number of hydrogen-bond donors (Lipinski definition) is 5. The van der Waals surface area contributed by atoms with Crippen LogP contribution in [0.4, 0.5) is 0 Å². The van der Waals surface area contributed by atoms with Crippen molar-refractivity contribution in [2.75, 3.05) is 6.61 Å². The molecule has 1 unspecified atom stereocenters. The van der Waals surface area contributed by atoms with Crippen LogP contribution in [0.1, 0.15) is 5.56 Å². The van der Waals surface area contributed by atoms with Crippen LogP contribution >= 0.6 is 7.82 Å². The number of rotatable bonds is 5. The molecule has 1 aliphatic heterocycles. The van der Waals surface area contributed by atoms with E-state index in [0.717, 1.165) is 0 Å². The number of phosphoric ester groups is 1. The lowest BCUT2D eigenvalue weighted by Gasteiger charge is -2.39. The molecule has 1 fully saturated rings. The quantitative estimate of drug-likeness (QED) is 0.309. The zero-order valence-corrected chi connectivity index (χ0v) is 15.4. The van der Waals surface area contributed by atoms with Crippen molar-refractivity contribution in [1.82, 2.24) is 0 Å². The first kappa shape index (κ1) is 20.9. The SMILES string of the molecule is Cc1cc(=O)oc2cc(OP(=O)(O)O[C@@H]3O[C@H](CO)[C@@H](O)[C@H](O)[C@H]3O)ccc12. The second kappa shape index (κ2) is 7.90. The van der Waals surface area contributed by atoms with Crippen LogP contribution in [0.5, 0.6) is 5.75 Å². The van der Waals surface area contributed by atoms with Gasteiger partial charge in [-0.2, -0.15) is 0 Å². The Bertz CT molecular complexity index is 955. The number of benzene rings is 1. The topological polar surface area (TPSA) is 176 Å². The number of aliphatic hydroxyl groups is 4. The molecular formula is C16H19O11P. The van der Waals surface area contributed by atoms with E-state index >= 15 is 0 Å². The van der Waals surface area contributed by atoms with Crippen molar-refractivity contribution in [2.24, 2.45) is 0 Å². The van der Waals surface area contributed by atoms with Crippen molar-refractivity contribution in [3.8, 4) is 5.75 Å². The minimum Gasteiger partial charge on any atom is -0.423 e. The highest BCUT2D eigenvalue weighted by atomic mass is 31.2. The third-order valence-corrected chi connectivity index (χ3v) is 5.14. The van der Waals surface area contributed by atoms with Crippen molar-refractivity contribution in [3.63, 3.8) is 0 Å². The number of aryl methyl sites for hydroxylation is 1. The minimum atomic E-state index is -4.88. The molecule has 0 spiro atoms. The van der Waals surface area contributed by atoms with Gasteiger partial charge >= 0.3 is 13.4 Å². The Hall–Kier alpha value is -1.82. The van der Waals surface area contributed by atoms with Gasteiger partial charge < -0.3 is 34.1 Å². The normalized spacial score (nSPS) is 30.1. The first-order chi connectivity index (χ1) is 13.1. The highest BCUT2D eigenvalue weighted by molar-refractivity contribution is 7.47. The molecule has 0 radical (unpaired) electrons. The second-order valence-electron chi connectivity index (χ2n) is 6.27. The summed E-state index contributed by atoms with van der Waals surface area (Å²) in [5.41, 5.74) is 0.157. The van der Waals surface area contributed by atoms with E-state index in [4.69, 9.17) is 23.3 Å². The summed E-state index contributed by atoms with van der Waals surface area (Å²) >= 11 is 0. The summed E-state index contributed by atoms with van der Waals surface area (Å²) in [6.07, 6.45) is -8.48. The Balaban J connectivity index is 1.79. The number of aliphatic hydroxyl groups excluding tert-OH is 4. The Labute approximate surface area is 157 Å². The summed E-state index contributed by atoms with van der Waals surface area (Å²) < 4.78 is 31.9. The Morgan fingerprint density at radius 3 is 2.54 bits per heavy atom. The van der Waals surface area contributed by atoms with E-state index in [9.17, 15) is 29.6 Å². The van der Waals surface area contributed by atoms with E-state index in [2.05, 4.69) is 0 Å². The van der Waals surface area contributed by atoms with Gasteiger partial charge in [-0.15, -0.1) is 0 Å². The fourth-order valence-corrected chi connectivity index (χ4v) is 3.66. The Morgan fingerprint density at radius 1 is 1.14 bits per heavy atom. The summed E-state index contributed by atoms with van der Waals surface area (Å²) in [4.78, 5) is 21.4. The molecule has 12 heteroatoms. The highest BCUT2D eigenvalue weighted by Gasteiger charge is 2.47. The molecule has 2 heterocycles. The number of ether oxygens (including phenoxy) is 1. The molecule has 11 nitrogen and oxygen atoms in total. The number of hydrogen-bond acceptors (Lipinski definition) is 10. The predicted molar refractivity (Wildman–Crippen MR) is 92.5 cm³/mol. The van der Waals surface area contributed by atoms with E-state index in [1.165, 1.54) is 24.3 Å². The van der Waals surface area contributed by atoms with Gasteiger partial charge in [0.05, 0.1) is 6.61 Å². The number of phosphoric acid groups is 1. The smallest absolute Gasteiger partial charge is 0.423 e. The summed E-state index contributed by atoms with van der Waals surface area (Å²) in [5.74, 6) is -0.170. The Kier molecular flexibility index (Phi) is 5.89. The van der Waals surface area contributed by atoms with Gasteiger partial charge in [0.2, 0.25) is 0 Å². The van der Waals surface area contributed by atoms with Crippen LogP contribution in [0, 0.1) is 6.92 Å². The van der Waals surface area contributed by atoms with E-state index in [-0.39, 0.29) is 11.3 Å². The maximum absolute atomic E-state index is 12.3. The first-order valence-corrected chi connectivity index (χ1v) is 9.66. The lowest BCUT2D eigenvalue weighted by atomic mass is 10.00. The van der Waals surface area contributed by atoms with Crippen LogP contribution in [0.15, 0.2) is 33.5 Å². The van der Waals surface area contributed by atoms with Crippen LogP contribution in [0.3, 0.4) is 0 Å². The van der Waals surface area contributed by atoms with Gasteiger partial charge in [0, 0.05) is 17.5 Å². The average molecular weight is 418 g/mol. The standard InChI is InChI=1S/C16H19O11P/c1-7-4-12(18)24-10-5-8(2-3-9(7)10)26-28(22,23)27-16-15(21)14(20)13(19)11(6-17)25-16/h2-5,11,13-17,19-21H,6H2,1H3,(H,22,23)/t11-,13-,14+,15-,16+/m1/s1. The third kappa shape index (κ3) is 4.27. The van der Waals surface area contributed by atoms with Crippen molar-refractivity contribution in [3.05, 3.63) is 40.2 Å². The second-order valence-corrected chi connectivity index (χ2v) is 7.60. The monoisotopic (exact) mass is 418 g/mol. The minimum absolute atomic E-state index is 0.121. The molecule has 0 saturated carbocycles. The highest BCUT2D eigenvalue weighted by Crippen LogP contribution is 2.47. The van der Waals surface area contributed by atoms with Gasteiger partial charge in [-0.1, -0.05) is 0 Å². The molecule has 0 bridgehead atoms. The Morgan fingerprint density at radius 2 is 1.86 bits per heavy atom. The van der Waals surface area contributed by atoms with Gasteiger partial charge in [-0.05, 0) is 24.6 Å². The van der Waals surface area contributed by atoms with Crippen molar-refractivity contribution in [2.45, 2.75) is 37.6 Å². The molecule has 2 aromatic rings. The molecule has 1 saturated heterocycles. The maximum Gasteiger partial charge on any atom is 0.529 e. The molecular weight excluding hydrogens is 399 g/mol. The molecule has 28 heavy (non-hydrogen) atoms. The number of fused-ring (bicyclic) bond motifs is 1. The lowest BCUT2D eigenvalue weighted by molar-refractivity contribution is -0.280. The third-order valence-electron chi connectivity index (χ3n) is 4.23. The summed E-state index contributed by atoms with van der Waals surface area (Å²) in [5, 5.41) is 39.0. The van der Waals surface area contributed by atoms with E-state index in [1.54, 1.807) is 6.92 Å². The van der Waals surface area contributed by atoms with E-state index < -0.39 is 50.8 Å². The molecule has 3 rings (SSSR count). The van der Waals surface area contributed by atoms with E-state index in [1.807, 2.05) is 0 Å². The van der Waals surface area contributed by atoms with Crippen LogP contribution < -0.4 is 10.1 Å².